The molecule has 104 valence electrons. The highest BCUT2D eigenvalue weighted by molar-refractivity contribution is 4.86. The Bertz CT molecular complexity index is 142. The van der Waals surface area contributed by atoms with Gasteiger partial charge in [-0.1, -0.05) is 71.6 Å². The lowest BCUT2D eigenvalue weighted by Gasteiger charge is -1.89. The summed E-state index contributed by atoms with van der Waals surface area (Å²) < 4.78 is 0. The fraction of sp³-hybridized carbons (Fsp3) is 0.765. The van der Waals surface area contributed by atoms with E-state index in [1.54, 1.807) is 0 Å². The molecule has 0 heterocycles. The van der Waals surface area contributed by atoms with Gasteiger partial charge in [-0.3, -0.25) is 0 Å². The monoisotopic (exact) mass is 240 g/mol. The molecule has 0 bridgehead atoms. The predicted molar refractivity (Wildman–Crippen MR) is 84.6 cm³/mol. The lowest BCUT2D eigenvalue weighted by molar-refractivity contribution is 0.728. The molecule has 0 saturated heterocycles. The SMILES string of the molecule is C=C(C)CCC.CC.CC/C=C\CCCCC. The zero-order valence-corrected chi connectivity index (χ0v) is 13.3. The summed E-state index contributed by atoms with van der Waals surface area (Å²) >= 11 is 0. The normalized spacial score (nSPS) is 9.06. The standard InChI is InChI=1S/C9H18.C6H12.C2H6/c1-3-5-7-9-8-6-4-2;1-4-5-6(2)3;1-2/h5,7H,3-4,6,8-9H2,1-2H3;2,4-5H2,1,3H3;1-2H3/b7-5-;;. The van der Waals surface area contributed by atoms with Gasteiger partial charge in [0.2, 0.25) is 0 Å². The van der Waals surface area contributed by atoms with Crippen LogP contribution in [0, 0.1) is 0 Å². The molecular weight excluding hydrogens is 204 g/mol. The molecule has 0 fully saturated rings. The second-order valence-electron chi connectivity index (χ2n) is 4.08. The maximum Gasteiger partial charge on any atom is -0.0328 e. The summed E-state index contributed by atoms with van der Waals surface area (Å²) in [5.74, 6) is 0. The van der Waals surface area contributed by atoms with E-state index >= 15 is 0 Å². The van der Waals surface area contributed by atoms with E-state index in [4.69, 9.17) is 0 Å². The average molecular weight is 240 g/mol. The van der Waals surface area contributed by atoms with E-state index in [0.29, 0.717) is 0 Å². The van der Waals surface area contributed by atoms with Crippen molar-refractivity contribution in [3.8, 4) is 0 Å². The van der Waals surface area contributed by atoms with Crippen molar-refractivity contribution in [3.63, 3.8) is 0 Å². The highest BCUT2D eigenvalue weighted by Gasteiger charge is 1.79. The first-order valence-corrected chi connectivity index (χ1v) is 7.48. The van der Waals surface area contributed by atoms with Crippen LogP contribution in [0.15, 0.2) is 24.3 Å². The largest absolute Gasteiger partial charge is 0.100 e. The Kier molecular flexibility index (Phi) is 31.5. The molecule has 0 heteroatoms. The van der Waals surface area contributed by atoms with Gasteiger partial charge in [-0.15, -0.1) is 6.58 Å². The number of hydrogen-bond donors (Lipinski definition) is 0. The van der Waals surface area contributed by atoms with Crippen molar-refractivity contribution < 1.29 is 0 Å². The van der Waals surface area contributed by atoms with Crippen LogP contribution in [0.3, 0.4) is 0 Å². The molecular formula is C17H36. The Hall–Kier alpha value is -0.520. The number of hydrogen-bond acceptors (Lipinski definition) is 0. The van der Waals surface area contributed by atoms with Crippen molar-refractivity contribution in [2.24, 2.45) is 0 Å². The smallest absolute Gasteiger partial charge is 0.0328 e. The van der Waals surface area contributed by atoms with Gasteiger partial charge in [0.15, 0.2) is 0 Å². The van der Waals surface area contributed by atoms with Gasteiger partial charge in [-0.2, -0.15) is 0 Å². The Balaban J connectivity index is -0.000000213. The van der Waals surface area contributed by atoms with Crippen LogP contribution in [0.4, 0.5) is 0 Å². The zero-order chi connectivity index (χ0) is 13.9. The summed E-state index contributed by atoms with van der Waals surface area (Å²) in [5, 5.41) is 0. The number of allylic oxidation sites excluding steroid dienone is 3. The minimum absolute atomic E-state index is 1.18. The summed E-state index contributed by atoms with van der Waals surface area (Å²) in [6.07, 6.45) is 13.5. The molecule has 0 aromatic heterocycles. The van der Waals surface area contributed by atoms with E-state index in [2.05, 4.69) is 46.4 Å². The van der Waals surface area contributed by atoms with Gasteiger partial charge in [-0.05, 0) is 32.6 Å². The molecule has 0 unspecified atom stereocenters. The molecule has 0 rings (SSSR count). The molecule has 0 aromatic carbocycles. The Morgan fingerprint density at radius 2 is 1.53 bits per heavy atom. The molecule has 0 amide bonds. The van der Waals surface area contributed by atoms with E-state index in [1.165, 1.54) is 50.5 Å². The topological polar surface area (TPSA) is 0 Å². The Labute approximate surface area is 111 Å². The van der Waals surface area contributed by atoms with Crippen molar-refractivity contribution in [2.75, 3.05) is 0 Å². The molecule has 17 heavy (non-hydrogen) atoms. The van der Waals surface area contributed by atoms with Gasteiger partial charge in [0.25, 0.3) is 0 Å². The van der Waals surface area contributed by atoms with E-state index < -0.39 is 0 Å². The molecule has 0 saturated carbocycles. The van der Waals surface area contributed by atoms with Crippen LogP contribution in [0.5, 0.6) is 0 Å². The van der Waals surface area contributed by atoms with Gasteiger partial charge in [0.1, 0.15) is 0 Å². The summed E-state index contributed by atoms with van der Waals surface area (Å²) in [6.45, 7) is 16.4. The third-order valence-electron chi connectivity index (χ3n) is 2.05. The third-order valence-corrected chi connectivity index (χ3v) is 2.05. The first-order valence-electron chi connectivity index (χ1n) is 7.48. The highest BCUT2D eigenvalue weighted by atomic mass is 13.9. The van der Waals surface area contributed by atoms with Crippen LogP contribution in [-0.2, 0) is 0 Å². The quantitative estimate of drug-likeness (QED) is 0.334. The second-order valence-corrected chi connectivity index (χ2v) is 4.08. The molecule has 0 aliphatic heterocycles. The minimum atomic E-state index is 1.18. The Morgan fingerprint density at radius 3 is 1.82 bits per heavy atom. The fourth-order valence-corrected chi connectivity index (χ4v) is 1.22. The molecule has 0 aliphatic carbocycles. The fourth-order valence-electron chi connectivity index (χ4n) is 1.22. The van der Waals surface area contributed by atoms with E-state index in [9.17, 15) is 0 Å². The average Bonchev–Trinajstić information content (AvgIpc) is 2.32. The van der Waals surface area contributed by atoms with Crippen LogP contribution < -0.4 is 0 Å². The lowest BCUT2D eigenvalue weighted by atomic mass is 10.2. The van der Waals surface area contributed by atoms with Crippen LogP contribution in [-0.4, -0.2) is 0 Å². The first kappa shape index (κ1) is 21.7. The van der Waals surface area contributed by atoms with Gasteiger partial charge < -0.3 is 0 Å². The molecule has 0 aliphatic rings. The van der Waals surface area contributed by atoms with Gasteiger partial charge in [0, 0.05) is 0 Å². The summed E-state index contributed by atoms with van der Waals surface area (Å²) in [7, 11) is 0. The van der Waals surface area contributed by atoms with Crippen molar-refractivity contribution in [1.29, 1.82) is 0 Å². The lowest BCUT2D eigenvalue weighted by Crippen LogP contribution is -1.69. The molecule has 0 radical (unpaired) electrons. The predicted octanol–water partition coefficient (Wildman–Crippen LogP) is 6.92. The maximum atomic E-state index is 3.74. The van der Waals surface area contributed by atoms with Crippen molar-refractivity contribution in [1.82, 2.24) is 0 Å². The molecule has 0 nitrogen and oxygen atoms in total. The molecule has 0 N–H and O–H groups in total. The van der Waals surface area contributed by atoms with E-state index in [-0.39, 0.29) is 0 Å². The molecule has 0 spiro atoms. The summed E-state index contributed by atoms with van der Waals surface area (Å²) in [5.41, 5.74) is 1.29. The van der Waals surface area contributed by atoms with Gasteiger partial charge in [0.05, 0.1) is 0 Å². The number of rotatable bonds is 7. The number of unbranched alkanes of at least 4 members (excludes halogenated alkanes) is 3. The van der Waals surface area contributed by atoms with Crippen molar-refractivity contribution >= 4 is 0 Å². The van der Waals surface area contributed by atoms with Gasteiger partial charge in [-0.25, -0.2) is 0 Å². The van der Waals surface area contributed by atoms with Crippen LogP contribution >= 0.6 is 0 Å². The van der Waals surface area contributed by atoms with Crippen LogP contribution in [0.2, 0.25) is 0 Å². The summed E-state index contributed by atoms with van der Waals surface area (Å²) in [4.78, 5) is 0. The van der Waals surface area contributed by atoms with Crippen molar-refractivity contribution in [3.05, 3.63) is 24.3 Å². The highest BCUT2D eigenvalue weighted by Crippen LogP contribution is 1.99. The Morgan fingerprint density at radius 1 is 0.941 bits per heavy atom. The molecule has 0 aromatic rings. The summed E-state index contributed by atoms with van der Waals surface area (Å²) in [6, 6.07) is 0. The minimum Gasteiger partial charge on any atom is -0.100 e. The van der Waals surface area contributed by atoms with E-state index in [1.807, 2.05) is 13.8 Å². The van der Waals surface area contributed by atoms with Crippen molar-refractivity contribution in [2.45, 2.75) is 86.5 Å². The van der Waals surface area contributed by atoms with Gasteiger partial charge >= 0.3 is 0 Å². The van der Waals surface area contributed by atoms with Crippen LogP contribution in [0.25, 0.3) is 0 Å². The molecule has 0 atom stereocenters. The zero-order valence-electron chi connectivity index (χ0n) is 13.3. The van der Waals surface area contributed by atoms with Crippen LogP contribution in [0.1, 0.15) is 86.5 Å². The van der Waals surface area contributed by atoms with E-state index in [0.717, 1.165) is 0 Å². The first-order chi connectivity index (χ1) is 8.18. The second kappa shape index (κ2) is 24.6. The third kappa shape index (κ3) is 39.1. The maximum absolute atomic E-state index is 3.74.